The Labute approximate surface area is 153 Å². The Morgan fingerprint density at radius 3 is 1.33 bits per heavy atom. The number of carbonyl (C=O) groups excluding carboxylic acids is 1. The highest BCUT2D eigenvalue weighted by atomic mass is 28.5. The Bertz CT molecular complexity index is 419. The first-order chi connectivity index (χ1) is 10.4. The summed E-state index contributed by atoms with van der Waals surface area (Å²) in [6.45, 7) is 26.8. The van der Waals surface area contributed by atoms with E-state index in [1.807, 2.05) is 13.8 Å². The van der Waals surface area contributed by atoms with Crippen molar-refractivity contribution in [2.24, 2.45) is 0 Å². The molecule has 4 nitrogen and oxygen atoms in total. The maximum Gasteiger partial charge on any atom is 0.483 e. The van der Waals surface area contributed by atoms with E-state index in [1.165, 1.54) is 6.08 Å². The highest BCUT2D eigenvalue weighted by Crippen LogP contribution is 2.48. The number of allylic oxidation sites excluding steroid dienone is 1. The van der Waals surface area contributed by atoms with Gasteiger partial charge in [0.25, 0.3) is 0 Å². The van der Waals surface area contributed by atoms with Crippen LogP contribution in [0.2, 0.25) is 64.0 Å². The third-order valence-electron chi connectivity index (χ3n) is 3.43. The Morgan fingerprint density at radius 2 is 1.17 bits per heavy atom. The average molecular weight is 407 g/mol. The molecular formula is C16H38O4Si4. The molecule has 0 amide bonds. The van der Waals surface area contributed by atoms with Gasteiger partial charge in [-0.3, -0.25) is 4.79 Å². The summed E-state index contributed by atoms with van der Waals surface area (Å²) in [6.07, 6.45) is 2.02. The van der Waals surface area contributed by atoms with E-state index in [1.54, 1.807) is 0 Å². The van der Waals surface area contributed by atoms with E-state index >= 15 is 0 Å². The molecule has 0 saturated carbocycles. The molecule has 0 fully saturated rings. The molecule has 0 aliphatic rings. The number of hydrogen-bond acceptors (Lipinski definition) is 4. The molecule has 24 heavy (non-hydrogen) atoms. The molecule has 0 bridgehead atoms. The minimum absolute atomic E-state index is 0.0357. The lowest BCUT2D eigenvalue weighted by Gasteiger charge is -2.50. The van der Waals surface area contributed by atoms with E-state index in [-0.39, 0.29) is 5.78 Å². The predicted octanol–water partition coefficient (Wildman–Crippen LogP) is 5.41. The second kappa shape index (κ2) is 7.81. The van der Waals surface area contributed by atoms with Gasteiger partial charge in [-0.05, 0) is 78.3 Å². The van der Waals surface area contributed by atoms with E-state index in [4.69, 9.17) is 12.3 Å². The van der Waals surface area contributed by atoms with E-state index in [0.717, 1.165) is 0 Å². The quantitative estimate of drug-likeness (QED) is 0.359. The van der Waals surface area contributed by atoms with E-state index in [9.17, 15) is 4.79 Å². The predicted molar refractivity (Wildman–Crippen MR) is 113 cm³/mol. The van der Waals surface area contributed by atoms with E-state index in [2.05, 4.69) is 65.5 Å². The molecule has 0 N–H and O–H groups in total. The van der Waals surface area contributed by atoms with Crippen LogP contribution >= 0.6 is 0 Å². The van der Waals surface area contributed by atoms with Gasteiger partial charge in [0.2, 0.25) is 0 Å². The normalized spacial score (nSPS) is 16.6. The summed E-state index contributed by atoms with van der Waals surface area (Å²) in [7, 11) is -9.30. The van der Waals surface area contributed by atoms with Crippen LogP contribution in [0.3, 0.4) is 0 Å². The first kappa shape index (κ1) is 24.2. The zero-order valence-electron chi connectivity index (χ0n) is 17.6. The van der Waals surface area contributed by atoms with Crippen molar-refractivity contribution in [1.82, 2.24) is 0 Å². The lowest BCUT2D eigenvalue weighted by Crippen LogP contribution is -2.67. The van der Waals surface area contributed by atoms with Crippen molar-refractivity contribution in [3.8, 4) is 0 Å². The van der Waals surface area contributed by atoms with Crippen molar-refractivity contribution in [3.05, 3.63) is 12.7 Å². The van der Waals surface area contributed by atoms with Crippen LogP contribution in [0.5, 0.6) is 0 Å². The van der Waals surface area contributed by atoms with Gasteiger partial charge in [-0.2, -0.15) is 0 Å². The third kappa shape index (κ3) is 6.81. The van der Waals surface area contributed by atoms with Crippen molar-refractivity contribution in [1.29, 1.82) is 0 Å². The maximum atomic E-state index is 12.9. The molecule has 8 heteroatoms. The molecular weight excluding hydrogens is 369 g/mol. The van der Waals surface area contributed by atoms with Gasteiger partial charge in [0.15, 0.2) is 30.7 Å². The Balaban J connectivity index is 6.54. The summed E-state index contributed by atoms with van der Waals surface area (Å²) >= 11 is 0. The molecule has 0 radical (unpaired) electrons. The van der Waals surface area contributed by atoms with Crippen molar-refractivity contribution in [3.63, 3.8) is 0 Å². The van der Waals surface area contributed by atoms with Gasteiger partial charge < -0.3 is 12.3 Å². The summed E-state index contributed by atoms with van der Waals surface area (Å²) in [6, 6.07) is 0. The molecule has 1 unspecified atom stereocenters. The van der Waals surface area contributed by atoms with Crippen molar-refractivity contribution < 1.29 is 17.1 Å². The SMILES string of the molecule is C=CC(=O)C(C)(CC)[Si](O[Si](C)(C)C)(O[Si](C)(C)C)O[Si](C)(C)C. The van der Waals surface area contributed by atoms with Crippen LogP contribution < -0.4 is 0 Å². The smallest absolute Gasteiger partial charge is 0.416 e. The van der Waals surface area contributed by atoms with Crippen LogP contribution in [0.1, 0.15) is 20.3 Å². The molecule has 1 atom stereocenters. The molecule has 0 aromatic heterocycles. The van der Waals surface area contributed by atoms with Gasteiger partial charge in [0.05, 0.1) is 5.04 Å². The van der Waals surface area contributed by atoms with Gasteiger partial charge in [-0.15, -0.1) is 0 Å². The lowest BCUT2D eigenvalue weighted by atomic mass is 10.0. The highest BCUT2D eigenvalue weighted by Gasteiger charge is 2.64. The molecule has 0 spiro atoms. The summed E-state index contributed by atoms with van der Waals surface area (Å²) in [5, 5.41) is -0.796. The Hall–Kier alpha value is 0.158. The van der Waals surface area contributed by atoms with Crippen LogP contribution in [0.25, 0.3) is 0 Å². The molecule has 0 aromatic carbocycles. The minimum Gasteiger partial charge on any atom is -0.416 e. The number of rotatable bonds is 10. The van der Waals surface area contributed by atoms with Gasteiger partial charge >= 0.3 is 8.80 Å². The monoisotopic (exact) mass is 406 g/mol. The van der Waals surface area contributed by atoms with Crippen LogP contribution in [0.4, 0.5) is 0 Å². The Morgan fingerprint density at radius 1 is 0.875 bits per heavy atom. The molecule has 0 aromatic rings. The number of carbonyl (C=O) groups is 1. The summed E-state index contributed by atoms with van der Waals surface area (Å²) in [5.74, 6) is -0.0357. The van der Waals surface area contributed by atoms with Crippen molar-refractivity contribution >= 4 is 39.5 Å². The summed E-state index contributed by atoms with van der Waals surface area (Å²) in [5.41, 5.74) is 0. The van der Waals surface area contributed by atoms with Crippen LogP contribution in [0.15, 0.2) is 12.7 Å². The molecule has 0 aliphatic carbocycles. The number of hydrogen-bond donors (Lipinski definition) is 0. The average Bonchev–Trinajstić information content (AvgIpc) is 2.29. The maximum absolute atomic E-state index is 12.9. The molecule has 0 rings (SSSR count). The molecule has 142 valence electrons. The van der Waals surface area contributed by atoms with Crippen molar-refractivity contribution in [2.45, 2.75) is 84.2 Å². The fourth-order valence-electron chi connectivity index (χ4n) is 2.38. The Kier molecular flexibility index (Phi) is 7.86. The third-order valence-corrected chi connectivity index (χ3v) is 16.0. The summed E-state index contributed by atoms with van der Waals surface area (Å²) in [4.78, 5) is 12.9. The van der Waals surface area contributed by atoms with Gasteiger partial charge in [-0.1, -0.05) is 13.5 Å². The molecule has 0 heterocycles. The largest absolute Gasteiger partial charge is 0.483 e. The fraction of sp³-hybridized carbons (Fsp3) is 0.812. The highest BCUT2D eigenvalue weighted by molar-refractivity contribution is 6.92. The van der Waals surface area contributed by atoms with Crippen molar-refractivity contribution in [2.75, 3.05) is 0 Å². The van der Waals surface area contributed by atoms with Gasteiger partial charge in [0.1, 0.15) is 0 Å². The second-order valence-corrected chi connectivity index (χ2v) is 26.8. The molecule has 0 aliphatic heterocycles. The first-order valence-corrected chi connectivity index (χ1v) is 20.6. The van der Waals surface area contributed by atoms with Crippen LogP contribution in [-0.4, -0.2) is 39.5 Å². The van der Waals surface area contributed by atoms with E-state index in [0.29, 0.717) is 6.42 Å². The van der Waals surface area contributed by atoms with Crippen LogP contribution in [-0.2, 0) is 17.1 Å². The lowest BCUT2D eigenvalue weighted by molar-refractivity contribution is -0.118. The zero-order valence-corrected chi connectivity index (χ0v) is 21.6. The van der Waals surface area contributed by atoms with Crippen LogP contribution in [0, 0.1) is 0 Å². The minimum atomic E-state index is -3.28. The van der Waals surface area contributed by atoms with E-state index < -0.39 is 38.8 Å². The standard InChI is InChI=1S/C16H38O4Si4/c1-13-15(17)16(3,14-2)24(18-21(4,5)6,19-22(7,8)9)20-23(10,11)12/h13H,1,14H2,2-12H3. The summed E-state index contributed by atoms with van der Waals surface area (Å²) < 4.78 is 20.1. The topological polar surface area (TPSA) is 44.8 Å². The molecule has 0 saturated heterocycles. The second-order valence-electron chi connectivity index (χ2n) is 9.45. The van der Waals surface area contributed by atoms with Gasteiger partial charge in [0, 0.05) is 0 Å². The first-order valence-electron chi connectivity index (χ1n) is 8.69. The number of ketones is 1. The fourth-order valence-corrected chi connectivity index (χ4v) is 17.2. The zero-order chi connectivity index (χ0) is 19.6. The van der Waals surface area contributed by atoms with Gasteiger partial charge in [-0.25, -0.2) is 0 Å².